The van der Waals surface area contributed by atoms with Crippen molar-refractivity contribution in [2.75, 3.05) is 7.05 Å². The van der Waals surface area contributed by atoms with Crippen LogP contribution < -0.4 is 0 Å². The van der Waals surface area contributed by atoms with Gasteiger partial charge >= 0.3 is 6.18 Å². The highest BCUT2D eigenvalue weighted by molar-refractivity contribution is 5.76. The summed E-state index contributed by atoms with van der Waals surface area (Å²) >= 11 is 0. The third-order valence-corrected chi connectivity index (χ3v) is 3.37. The first-order chi connectivity index (χ1) is 10.8. The van der Waals surface area contributed by atoms with Crippen LogP contribution >= 0.6 is 0 Å². The average molecular weight is 324 g/mol. The minimum atomic E-state index is -4.36. The fraction of sp³-hybridized carbons (Fsp3) is 0.333. The van der Waals surface area contributed by atoms with Crippen LogP contribution in [0.15, 0.2) is 28.8 Å². The predicted octanol–water partition coefficient (Wildman–Crippen LogP) is 3.51. The number of nitrogens with zero attached hydrogens (tertiary/aromatic N) is 3. The molecule has 0 unspecified atom stereocenters. The van der Waals surface area contributed by atoms with Gasteiger partial charge in [-0.15, -0.1) is 0 Å². The molecular weight excluding hydrogens is 309 g/mol. The van der Waals surface area contributed by atoms with Crippen LogP contribution in [0.5, 0.6) is 0 Å². The minimum Gasteiger partial charge on any atom is -0.445 e. The smallest absolute Gasteiger partial charge is 0.416 e. The van der Waals surface area contributed by atoms with Crippen molar-refractivity contribution in [3.8, 4) is 0 Å². The lowest BCUT2D eigenvalue weighted by molar-refractivity contribution is -0.137. The van der Waals surface area contributed by atoms with Crippen LogP contribution in [0.4, 0.5) is 13.2 Å². The fourth-order valence-electron chi connectivity index (χ4n) is 2.37. The maximum absolute atomic E-state index is 12.7. The third kappa shape index (κ3) is 3.53. The maximum atomic E-state index is 12.7. The molecule has 0 amide bonds. The molecule has 0 bridgehead atoms. The Morgan fingerprint density at radius 2 is 2.04 bits per heavy atom. The van der Waals surface area contributed by atoms with E-state index in [9.17, 15) is 13.2 Å². The summed E-state index contributed by atoms with van der Waals surface area (Å²) in [6.45, 7) is 2.75. The van der Waals surface area contributed by atoms with Crippen LogP contribution in [0.1, 0.15) is 23.0 Å². The monoisotopic (exact) mass is 324 g/mol. The van der Waals surface area contributed by atoms with Gasteiger partial charge in [0.2, 0.25) is 0 Å². The summed E-state index contributed by atoms with van der Waals surface area (Å²) in [5.41, 5.74) is 0.196. The second-order valence-corrected chi connectivity index (χ2v) is 5.43. The van der Waals surface area contributed by atoms with Crippen LogP contribution in [0.3, 0.4) is 0 Å². The Bertz CT molecular complexity index is 822. The largest absolute Gasteiger partial charge is 0.445 e. The summed E-state index contributed by atoms with van der Waals surface area (Å²) < 4.78 is 43.5. The molecule has 0 aliphatic heterocycles. The molecule has 1 aromatic carbocycles. The fourth-order valence-corrected chi connectivity index (χ4v) is 2.37. The van der Waals surface area contributed by atoms with Crippen molar-refractivity contribution in [2.45, 2.75) is 26.2 Å². The number of alkyl halides is 3. The van der Waals surface area contributed by atoms with Gasteiger partial charge in [0, 0.05) is 6.92 Å². The predicted molar refractivity (Wildman–Crippen MR) is 77.5 cm³/mol. The molecule has 0 aliphatic carbocycles. The number of hydrogen-bond acceptors (Lipinski definition) is 4. The first-order valence-electron chi connectivity index (χ1n) is 6.97. The van der Waals surface area contributed by atoms with E-state index in [1.54, 1.807) is 13.1 Å². The number of nitrogens with one attached hydrogen (secondary N) is 1. The van der Waals surface area contributed by atoms with Gasteiger partial charge in [0.1, 0.15) is 11.6 Å². The van der Waals surface area contributed by atoms with E-state index in [0.717, 1.165) is 17.9 Å². The van der Waals surface area contributed by atoms with E-state index in [2.05, 4.69) is 15.0 Å². The number of benzene rings is 1. The Hall–Kier alpha value is -2.35. The topological polar surface area (TPSA) is 58.0 Å². The molecule has 0 saturated heterocycles. The molecule has 0 atom stereocenters. The van der Waals surface area contributed by atoms with Gasteiger partial charge in [-0.05, 0) is 25.2 Å². The van der Waals surface area contributed by atoms with Gasteiger partial charge in [-0.1, -0.05) is 0 Å². The van der Waals surface area contributed by atoms with Crippen molar-refractivity contribution in [3.63, 3.8) is 0 Å². The molecule has 0 spiro atoms. The van der Waals surface area contributed by atoms with Crippen molar-refractivity contribution >= 4 is 11.0 Å². The van der Waals surface area contributed by atoms with Crippen molar-refractivity contribution in [3.05, 3.63) is 47.4 Å². The van der Waals surface area contributed by atoms with Crippen molar-refractivity contribution in [1.29, 1.82) is 0 Å². The first kappa shape index (κ1) is 15.5. The summed E-state index contributed by atoms with van der Waals surface area (Å²) in [4.78, 5) is 13.2. The minimum absolute atomic E-state index is 0.374. The second kappa shape index (κ2) is 5.69. The van der Waals surface area contributed by atoms with E-state index >= 15 is 0 Å². The molecule has 122 valence electrons. The summed E-state index contributed by atoms with van der Waals surface area (Å²) in [7, 11) is 1.87. The highest BCUT2D eigenvalue weighted by Gasteiger charge is 2.30. The standard InChI is InChI=1S/C15H15F3N4O/c1-9-19-6-11(23-9)7-22(2)8-14-20-12-4-3-10(15(16,17)18)5-13(12)21-14/h3-6H,7-8H2,1-2H3,(H,20,21). The Morgan fingerprint density at radius 1 is 1.26 bits per heavy atom. The summed E-state index contributed by atoms with van der Waals surface area (Å²) in [6, 6.07) is 3.48. The number of rotatable bonds is 4. The molecule has 0 fully saturated rings. The van der Waals surface area contributed by atoms with Crippen molar-refractivity contribution in [1.82, 2.24) is 19.9 Å². The lowest BCUT2D eigenvalue weighted by Gasteiger charge is -2.12. The molecular formula is C15H15F3N4O. The zero-order chi connectivity index (χ0) is 16.6. The zero-order valence-electron chi connectivity index (χ0n) is 12.6. The first-order valence-corrected chi connectivity index (χ1v) is 6.97. The average Bonchev–Trinajstić information content (AvgIpc) is 3.02. The van der Waals surface area contributed by atoms with Gasteiger partial charge in [-0.2, -0.15) is 13.2 Å². The van der Waals surface area contributed by atoms with Crippen LogP contribution in [0, 0.1) is 6.92 Å². The molecule has 5 nitrogen and oxygen atoms in total. The highest BCUT2D eigenvalue weighted by atomic mass is 19.4. The number of aromatic nitrogens is 3. The van der Waals surface area contributed by atoms with Crippen molar-refractivity contribution in [2.24, 2.45) is 0 Å². The van der Waals surface area contributed by atoms with Crippen LogP contribution in [0.25, 0.3) is 11.0 Å². The number of oxazole rings is 1. The molecule has 8 heteroatoms. The van der Waals surface area contributed by atoms with E-state index < -0.39 is 11.7 Å². The Kier molecular flexibility index (Phi) is 3.85. The highest BCUT2D eigenvalue weighted by Crippen LogP contribution is 2.30. The van der Waals surface area contributed by atoms with E-state index in [1.807, 2.05) is 11.9 Å². The SMILES string of the molecule is Cc1ncc(CN(C)Cc2nc3ccc(C(F)(F)F)cc3[nH]2)o1. The van der Waals surface area contributed by atoms with Crippen LogP contribution in [0.2, 0.25) is 0 Å². The molecule has 0 aliphatic rings. The number of hydrogen-bond donors (Lipinski definition) is 1. The molecule has 2 heterocycles. The second-order valence-electron chi connectivity index (χ2n) is 5.43. The quantitative estimate of drug-likeness (QED) is 0.798. The van der Waals surface area contributed by atoms with Gasteiger partial charge in [0.05, 0.1) is 35.9 Å². The number of H-pyrrole nitrogens is 1. The van der Waals surface area contributed by atoms with Crippen molar-refractivity contribution < 1.29 is 17.6 Å². The van der Waals surface area contributed by atoms with Gasteiger partial charge in [0.15, 0.2) is 5.89 Å². The normalized spacial score (nSPS) is 12.4. The number of aromatic amines is 1. The number of halogens is 3. The zero-order valence-corrected chi connectivity index (χ0v) is 12.6. The molecule has 3 rings (SSSR count). The molecule has 3 aromatic rings. The van der Waals surface area contributed by atoms with Gasteiger partial charge in [0.25, 0.3) is 0 Å². The van der Waals surface area contributed by atoms with Crippen LogP contribution in [-0.4, -0.2) is 26.9 Å². The van der Waals surface area contributed by atoms with Gasteiger partial charge in [-0.3, -0.25) is 4.90 Å². The lowest BCUT2D eigenvalue weighted by atomic mass is 10.2. The molecule has 1 N–H and O–H groups in total. The Morgan fingerprint density at radius 3 is 2.70 bits per heavy atom. The van der Waals surface area contributed by atoms with Gasteiger partial charge < -0.3 is 9.40 Å². The molecule has 23 heavy (non-hydrogen) atoms. The Labute approximate surface area is 130 Å². The van der Waals surface area contributed by atoms with E-state index in [0.29, 0.717) is 35.8 Å². The van der Waals surface area contributed by atoms with E-state index in [4.69, 9.17) is 4.42 Å². The molecule has 2 aromatic heterocycles. The number of imidazole rings is 1. The third-order valence-electron chi connectivity index (χ3n) is 3.37. The molecule has 0 saturated carbocycles. The summed E-state index contributed by atoms with van der Waals surface area (Å²) in [5.74, 6) is 1.91. The van der Waals surface area contributed by atoms with Gasteiger partial charge in [-0.25, -0.2) is 9.97 Å². The number of aryl methyl sites for hydroxylation is 1. The lowest BCUT2D eigenvalue weighted by Crippen LogP contribution is -2.17. The summed E-state index contributed by atoms with van der Waals surface area (Å²) in [5, 5.41) is 0. The number of fused-ring (bicyclic) bond motifs is 1. The molecule has 0 radical (unpaired) electrons. The van der Waals surface area contributed by atoms with E-state index in [1.165, 1.54) is 6.07 Å². The van der Waals surface area contributed by atoms with Crippen LogP contribution in [-0.2, 0) is 19.3 Å². The Balaban J connectivity index is 1.75. The van der Waals surface area contributed by atoms with E-state index in [-0.39, 0.29) is 0 Å². The summed E-state index contributed by atoms with van der Waals surface area (Å²) in [6.07, 6.45) is -2.71. The maximum Gasteiger partial charge on any atom is 0.416 e.